The van der Waals surface area contributed by atoms with Crippen LogP contribution in [0.25, 0.3) is 11.4 Å². The van der Waals surface area contributed by atoms with Crippen molar-refractivity contribution >= 4 is 17.5 Å². The number of rotatable bonds is 8. The molecule has 0 saturated heterocycles. The van der Waals surface area contributed by atoms with E-state index in [9.17, 15) is 9.18 Å². The molecule has 0 atom stereocenters. The fraction of sp³-hybridized carbons (Fsp3) is 0.136. The van der Waals surface area contributed by atoms with Gasteiger partial charge in [0.15, 0.2) is 0 Å². The predicted octanol–water partition coefficient (Wildman–Crippen LogP) is 4.20. The SMILES string of the molecule is O=C(OCCCc1nc(-c2cccnc2)no1)c1cccnc1Nc1ccccc1F. The second kappa shape index (κ2) is 9.57. The molecule has 0 radical (unpaired) electrons. The van der Waals surface area contributed by atoms with Crippen molar-refractivity contribution in [3.05, 3.63) is 84.4 Å². The van der Waals surface area contributed by atoms with Gasteiger partial charge in [-0.25, -0.2) is 14.2 Å². The van der Waals surface area contributed by atoms with Gasteiger partial charge in [-0.05, 0) is 42.8 Å². The van der Waals surface area contributed by atoms with E-state index < -0.39 is 11.8 Å². The van der Waals surface area contributed by atoms with Crippen LogP contribution in [0.2, 0.25) is 0 Å². The maximum atomic E-state index is 13.9. The van der Waals surface area contributed by atoms with Gasteiger partial charge in [0, 0.05) is 30.6 Å². The second-order valence-corrected chi connectivity index (χ2v) is 6.50. The number of para-hydroxylation sites is 1. The third-order valence-corrected chi connectivity index (χ3v) is 4.31. The number of ether oxygens (including phenoxy) is 1. The minimum Gasteiger partial charge on any atom is -0.462 e. The topological polar surface area (TPSA) is 103 Å². The maximum absolute atomic E-state index is 13.9. The number of carbonyl (C=O) groups is 1. The Kier molecular flexibility index (Phi) is 6.22. The van der Waals surface area contributed by atoms with Gasteiger partial charge < -0.3 is 14.6 Å². The Morgan fingerprint density at radius 3 is 2.81 bits per heavy atom. The summed E-state index contributed by atoms with van der Waals surface area (Å²) < 4.78 is 24.5. The summed E-state index contributed by atoms with van der Waals surface area (Å²) in [6.07, 6.45) is 5.77. The van der Waals surface area contributed by atoms with Gasteiger partial charge in [0.2, 0.25) is 11.7 Å². The second-order valence-electron chi connectivity index (χ2n) is 6.50. The van der Waals surface area contributed by atoms with Crippen LogP contribution < -0.4 is 5.32 Å². The molecule has 0 fully saturated rings. The summed E-state index contributed by atoms with van der Waals surface area (Å²) in [5, 5.41) is 6.76. The molecule has 31 heavy (non-hydrogen) atoms. The molecule has 0 unspecified atom stereocenters. The van der Waals surface area contributed by atoms with Crippen LogP contribution in [0.4, 0.5) is 15.9 Å². The number of hydrogen-bond acceptors (Lipinski definition) is 8. The molecule has 4 aromatic rings. The van der Waals surface area contributed by atoms with Crippen LogP contribution in [0.15, 0.2) is 71.6 Å². The van der Waals surface area contributed by atoms with Crippen LogP contribution >= 0.6 is 0 Å². The third-order valence-electron chi connectivity index (χ3n) is 4.31. The van der Waals surface area contributed by atoms with E-state index in [1.54, 1.807) is 48.8 Å². The zero-order valence-corrected chi connectivity index (χ0v) is 16.4. The Hall–Kier alpha value is -4.14. The maximum Gasteiger partial charge on any atom is 0.341 e. The summed E-state index contributed by atoms with van der Waals surface area (Å²) in [7, 11) is 0. The molecule has 8 nitrogen and oxygen atoms in total. The van der Waals surface area contributed by atoms with E-state index in [1.165, 1.54) is 12.3 Å². The van der Waals surface area contributed by atoms with E-state index in [-0.39, 0.29) is 23.7 Å². The number of benzene rings is 1. The molecular formula is C22H18FN5O3. The van der Waals surface area contributed by atoms with Crippen molar-refractivity contribution in [3.63, 3.8) is 0 Å². The van der Waals surface area contributed by atoms with Gasteiger partial charge in [-0.15, -0.1) is 0 Å². The first-order chi connectivity index (χ1) is 15.2. The number of nitrogens with zero attached hydrogens (tertiary/aromatic N) is 4. The lowest BCUT2D eigenvalue weighted by Crippen LogP contribution is -2.11. The van der Waals surface area contributed by atoms with Crippen LogP contribution in [-0.4, -0.2) is 32.7 Å². The smallest absolute Gasteiger partial charge is 0.341 e. The van der Waals surface area contributed by atoms with E-state index >= 15 is 0 Å². The first-order valence-electron chi connectivity index (χ1n) is 9.57. The molecule has 4 rings (SSSR count). The molecule has 0 aliphatic rings. The van der Waals surface area contributed by atoms with Crippen LogP contribution in [-0.2, 0) is 11.2 Å². The van der Waals surface area contributed by atoms with E-state index in [0.29, 0.717) is 24.6 Å². The summed E-state index contributed by atoms with van der Waals surface area (Å²) in [4.78, 5) is 24.9. The van der Waals surface area contributed by atoms with Gasteiger partial charge in [0.1, 0.15) is 17.2 Å². The normalized spacial score (nSPS) is 10.6. The summed E-state index contributed by atoms with van der Waals surface area (Å²) >= 11 is 0. The number of pyridine rings is 2. The predicted molar refractivity (Wildman–Crippen MR) is 110 cm³/mol. The van der Waals surface area contributed by atoms with Crippen molar-refractivity contribution in [2.75, 3.05) is 11.9 Å². The van der Waals surface area contributed by atoms with E-state index in [2.05, 4.69) is 25.4 Å². The summed E-state index contributed by atoms with van der Waals surface area (Å²) in [6.45, 7) is 0.150. The zero-order chi connectivity index (χ0) is 21.5. The molecule has 156 valence electrons. The molecule has 0 aliphatic carbocycles. The van der Waals surface area contributed by atoms with Crippen LogP contribution in [0.5, 0.6) is 0 Å². The minimum absolute atomic E-state index is 0.150. The highest BCUT2D eigenvalue weighted by molar-refractivity contribution is 5.95. The lowest BCUT2D eigenvalue weighted by atomic mass is 10.2. The highest BCUT2D eigenvalue weighted by Gasteiger charge is 2.15. The fourth-order valence-electron chi connectivity index (χ4n) is 2.79. The van der Waals surface area contributed by atoms with Crippen molar-refractivity contribution in [1.29, 1.82) is 0 Å². The van der Waals surface area contributed by atoms with Crippen molar-refractivity contribution in [1.82, 2.24) is 20.1 Å². The molecular weight excluding hydrogens is 401 g/mol. The fourth-order valence-corrected chi connectivity index (χ4v) is 2.79. The van der Waals surface area contributed by atoms with Crippen molar-refractivity contribution in [2.24, 2.45) is 0 Å². The Bertz CT molecular complexity index is 1170. The van der Waals surface area contributed by atoms with Gasteiger partial charge in [-0.3, -0.25) is 4.98 Å². The molecule has 0 bridgehead atoms. The molecule has 9 heteroatoms. The number of hydrogen-bond donors (Lipinski definition) is 1. The Morgan fingerprint density at radius 1 is 1.10 bits per heavy atom. The molecule has 0 aliphatic heterocycles. The molecule has 3 aromatic heterocycles. The zero-order valence-electron chi connectivity index (χ0n) is 16.4. The van der Waals surface area contributed by atoms with Crippen LogP contribution in [0.1, 0.15) is 22.7 Å². The summed E-state index contributed by atoms with van der Waals surface area (Å²) in [5.74, 6) is 0.110. The number of halogens is 1. The number of aryl methyl sites for hydroxylation is 1. The largest absolute Gasteiger partial charge is 0.462 e. The summed E-state index contributed by atoms with van der Waals surface area (Å²) in [5.41, 5.74) is 1.19. The molecule has 1 aromatic carbocycles. The Labute approximate surface area is 177 Å². The Balaban J connectivity index is 1.32. The van der Waals surface area contributed by atoms with Gasteiger partial charge in [0.25, 0.3) is 0 Å². The lowest BCUT2D eigenvalue weighted by Gasteiger charge is -2.11. The average Bonchev–Trinajstić information content (AvgIpc) is 3.28. The average molecular weight is 419 g/mol. The summed E-state index contributed by atoms with van der Waals surface area (Å²) in [6, 6.07) is 13.0. The van der Waals surface area contributed by atoms with Gasteiger partial charge >= 0.3 is 5.97 Å². The number of carbonyl (C=O) groups excluding carboxylic acids is 1. The molecule has 0 spiro atoms. The van der Waals surface area contributed by atoms with Gasteiger partial charge in [0.05, 0.1) is 12.3 Å². The number of anilines is 2. The minimum atomic E-state index is -0.562. The van der Waals surface area contributed by atoms with Crippen molar-refractivity contribution in [2.45, 2.75) is 12.8 Å². The molecule has 3 heterocycles. The highest BCUT2D eigenvalue weighted by Crippen LogP contribution is 2.21. The van der Waals surface area contributed by atoms with Gasteiger partial charge in [-0.2, -0.15) is 4.98 Å². The van der Waals surface area contributed by atoms with Gasteiger partial charge in [-0.1, -0.05) is 17.3 Å². The monoisotopic (exact) mass is 419 g/mol. The first-order valence-corrected chi connectivity index (χ1v) is 9.57. The van der Waals surface area contributed by atoms with Crippen molar-refractivity contribution in [3.8, 4) is 11.4 Å². The van der Waals surface area contributed by atoms with E-state index in [1.807, 2.05) is 6.07 Å². The molecule has 1 N–H and O–H groups in total. The Morgan fingerprint density at radius 2 is 1.97 bits per heavy atom. The first kappa shape index (κ1) is 20.1. The van der Waals surface area contributed by atoms with Crippen molar-refractivity contribution < 1.29 is 18.4 Å². The number of nitrogens with one attached hydrogen (secondary N) is 1. The third kappa shape index (κ3) is 5.08. The van der Waals surface area contributed by atoms with E-state index in [0.717, 1.165) is 5.56 Å². The molecule has 0 amide bonds. The number of esters is 1. The highest BCUT2D eigenvalue weighted by atomic mass is 19.1. The van der Waals surface area contributed by atoms with E-state index in [4.69, 9.17) is 9.26 Å². The van der Waals surface area contributed by atoms with Crippen LogP contribution in [0, 0.1) is 5.82 Å². The number of aromatic nitrogens is 4. The lowest BCUT2D eigenvalue weighted by molar-refractivity contribution is 0.0499. The van der Waals surface area contributed by atoms with Crippen LogP contribution in [0.3, 0.4) is 0 Å². The quantitative estimate of drug-likeness (QED) is 0.335. The standard InChI is InChI=1S/C22H18FN5O3/c23-17-8-1-2-9-18(17)26-21-16(7-4-12-25-21)22(29)30-13-5-10-19-27-20(28-31-19)15-6-3-11-24-14-15/h1-4,6-9,11-12,14H,5,10,13H2,(H,25,26). The molecule has 0 saturated carbocycles.